The SMILES string of the molecule is CC(C)(C)OC(=O)N1CCCC(N2CCOCC2)C1. The van der Waals surface area contributed by atoms with Crippen molar-refractivity contribution >= 4 is 6.09 Å². The Balaban J connectivity index is 1.87. The number of carbonyl (C=O) groups excluding carboxylic acids is 1. The molecule has 2 fully saturated rings. The first-order valence-corrected chi connectivity index (χ1v) is 7.25. The van der Waals surface area contributed by atoms with Crippen LogP contribution in [0.1, 0.15) is 33.6 Å². The highest BCUT2D eigenvalue weighted by Gasteiger charge is 2.30. The monoisotopic (exact) mass is 270 g/mol. The first kappa shape index (κ1) is 14.6. The molecule has 5 heteroatoms. The van der Waals surface area contributed by atoms with E-state index in [-0.39, 0.29) is 6.09 Å². The van der Waals surface area contributed by atoms with Crippen LogP contribution < -0.4 is 0 Å². The lowest BCUT2D eigenvalue weighted by Crippen LogP contribution is -2.53. The smallest absolute Gasteiger partial charge is 0.410 e. The number of hydrogen-bond acceptors (Lipinski definition) is 4. The summed E-state index contributed by atoms with van der Waals surface area (Å²) in [5.41, 5.74) is -0.414. The van der Waals surface area contributed by atoms with Crippen molar-refractivity contribution in [2.45, 2.75) is 45.3 Å². The van der Waals surface area contributed by atoms with E-state index in [1.54, 1.807) is 0 Å². The van der Waals surface area contributed by atoms with Crippen LogP contribution in [-0.4, -0.2) is 66.9 Å². The van der Waals surface area contributed by atoms with Crippen LogP contribution in [-0.2, 0) is 9.47 Å². The number of amides is 1. The molecule has 0 N–H and O–H groups in total. The van der Waals surface area contributed by atoms with Gasteiger partial charge >= 0.3 is 6.09 Å². The Labute approximate surface area is 115 Å². The van der Waals surface area contributed by atoms with Crippen molar-refractivity contribution in [1.82, 2.24) is 9.80 Å². The van der Waals surface area contributed by atoms with Crippen molar-refractivity contribution in [3.05, 3.63) is 0 Å². The highest BCUT2D eigenvalue weighted by Crippen LogP contribution is 2.19. The lowest BCUT2D eigenvalue weighted by molar-refractivity contribution is -0.0143. The van der Waals surface area contributed by atoms with Crippen molar-refractivity contribution in [1.29, 1.82) is 0 Å². The van der Waals surface area contributed by atoms with Gasteiger partial charge in [0.2, 0.25) is 0 Å². The van der Waals surface area contributed by atoms with Gasteiger partial charge in [-0.05, 0) is 33.6 Å². The van der Waals surface area contributed by atoms with Crippen molar-refractivity contribution in [3.63, 3.8) is 0 Å². The molecule has 0 radical (unpaired) electrons. The number of hydrogen-bond donors (Lipinski definition) is 0. The van der Waals surface area contributed by atoms with Crippen LogP contribution in [0.5, 0.6) is 0 Å². The standard InChI is InChI=1S/C14H26N2O3/c1-14(2,3)19-13(17)16-6-4-5-12(11-16)15-7-9-18-10-8-15/h12H,4-11H2,1-3H3. The molecule has 110 valence electrons. The van der Waals surface area contributed by atoms with Crippen LogP contribution in [0.25, 0.3) is 0 Å². The van der Waals surface area contributed by atoms with E-state index < -0.39 is 5.60 Å². The van der Waals surface area contributed by atoms with Gasteiger partial charge in [-0.2, -0.15) is 0 Å². The molecule has 0 aliphatic carbocycles. The number of rotatable bonds is 1. The molecule has 2 rings (SSSR count). The third kappa shape index (κ3) is 4.35. The number of piperidine rings is 1. The second-order valence-electron chi connectivity index (χ2n) is 6.37. The van der Waals surface area contributed by atoms with Crippen LogP contribution >= 0.6 is 0 Å². The second kappa shape index (κ2) is 6.09. The normalized spacial score (nSPS) is 26.3. The van der Waals surface area contributed by atoms with E-state index in [2.05, 4.69) is 4.90 Å². The number of ether oxygens (including phenoxy) is 2. The van der Waals surface area contributed by atoms with Crippen LogP contribution in [0, 0.1) is 0 Å². The number of carbonyl (C=O) groups is 1. The first-order chi connectivity index (χ1) is 8.96. The number of likely N-dealkylation sites (tertiary alicyclic amines) is 1. The van der Waals surface area contributed by atoms with Gasteiger partial charge in [0.05, 0.1) is 13.2 Å². The molecule has 0 bridgehead atoms. The molecule has 0 spiro atoms. The maximum absolute atomic E-state index is 12.1. The minimum Gasteiger partial charge on any atom is -0.444 e. The lowest BCUT2D eigenvalue weighted by atomic mass is 10.0. The summed E-state index contributed by atoms with van der Waals surface area (Å²) in [4.78, 5) is 16.4. The van der Waals surface area contributed by atoms with Crippen LogP contribution in [0.4, 0.5) is 4.79 Å². The van der Waals surface area contributed by atoms with E-state index in [0.717, 1.165) is 45.8 Å². The van der Waals surface area contributed by atoms with Gasteiger partial charge in [0, 0.05) is 32.2 Å². The quantitative estimate of drug-likeness (QED) is 0.727. The first-order valence-electron chi connectivity index (χ1n) is 7.25. The van der Waals surface area contributed by atoms with Gasteiger partial charge in [0.1, 0.15) is 5.60 Å². The molecule has 2 aliphatic heterocycles. The molecule has 0 aromatic rings. The molecule has 1 amide bonds. The third-order valence-electron chi connectivity index (χ3n) is 3.61. The van der Waals surface area contributed by atoms with E-state index >= 15 is 0 Å². The van der Waals surface area contributed by atoms with Crippen molar-refractivity contribution in [2.24, 2.45) is 0 Å². The molecular formula is C14H26N2O3. The zero-order valence-corrected chi connectivity index (χ0v) is 12.4. The maximum Gasteiger partial charge on any atom is 0.410 e. The average Bonchev–Trinajstić information content (AvgIpc) is 2.38. The van der Waals surface area contributed by atoms with Crippen LogP contribution in [0.15, 0.2) is 0 Å². The van der Waals surface area contributed by atoms with Crippen molar-refractivity contribution in [2.75, 3.05) is 39.4 Å². The zero-order chi connectivity index (χ0) is 13.9. The Bertz CT molecular complexity index is 308. The minimum absolute atomic E-state index is 0.176. The zero-order valence-electron chi connectivity index (χ0n) is 12.4. The summed E-state index contributed by atoms with van der Waals surface area (Å²) in [5.74, 6) is 0. The van der Waals surface area contributed by atoms with Gasteiger partial charge < -0.3 is 14.4 Å². The fourth-order valence-electron chi connectivity index (χ4n) is 2.69. The molecule has 2 heterocycles. The largest absolute Gasteiger partial charge is 0.444 e. The summed E-state index contributed by atoms with van der Waals surface area (Å²) in [7, 11) is 0. The molecule has 0 aromatic carbocycles. The summed E-state index contributed by atoms with van der Waals surface area (Å²) in [6.45, 7) is 10.9. The van der Waals surface area contributed by atoms with Crippen molar-refractivity contribution < 1.29 is 14.3 Å². The van der Waals surface area contributed by atoms with Crippen LogP contribution in [0.3, 0.4) is 0 Å². The van der Waals surface area contributed by atoms with Gasteiger partial charge in [-0.25, -0.2) is 4.79 Å². The summed E-state index contributed by atoms with van der Waals surface area (Å²) < 4.78 is 10.8. The van der Waals surface area contributed by atoms with Gasteiger partial charge in [-0.15, -0.1) is 0 Å². The van der Waals surface area contributed by atoms with E-state index in [1.807, 2.05) is 25.7 Å². The minimum atomic E-state index is -0.414. The van der Waals surface area contributed by atoms with E-state index in [0.29, 0.717) is 6.04 Å². The number of morpholine rings is 1. The predicted octanol–water partition coefficient (Wildman–Crippen LogP) is 1.72. The molecule has 1 atom stereocenters. The van der Waals surface area contributed by atoms with E-state index in [1.165, 1.54) is 6.42 Å². The van der Waals surface area contributed by atoms with E-state index in [9.17, 15) is 4.79 Å². The number of nitrogens with zero attached hydrogens (tertiary/aromatic N) is 2. The highest BCUT2D eigenvalue weighted by molar-refractivity contribution is 5.68. The Kier molecular flexibility index (Phi) is 4.68. The molecule has 0 saturated carbocycles. The second-order valence-corrected chi connectivity index (χ2v) is 6.37. The predicted molar refractivity (Wildman–Crippen MR) is 73.2 cm³/mol. The summed E-state index contributed by atoms with van der Waals surface area (Å²) in [6, 6.07) is 0.463. The fourth-order valence-corrected chi connectivity index (χ4v) is 2.69. The van der Waals surface area contributed by atoms with Gasteiger partial charge in [-0.1, -0.05) is 0 Å². The molecule has 1 unspecified atom stereocenters. The Morgan fingerprint density at radius 2 is 1.89 bits per heavy atom. The molecular weight excluding hydrogens is 244 g/mol. The lowest BCUT2D eigenvalue weighted by Gasteiger charge is -2.41. The Hall–Kier alpha value is -0.810. The van der Waals surface area contributed by atoms with Crippen LogP contribution in [0.2, 0.25) is 0 Å². The highest BCUT2D eigenvalue weighted by atomic mass is 16.6. The van der Waals surface area contributed by atoms with Crippen molar-refractivity contribution in [3.8, 4) is 0 Å². The molecule has 2 aliphatic rings. The maximum atomic E-state index is 12.1. The van der Waals surface area contributed by atoms with Gasteiger partial charge in [0.15, 0.2) is 0 Å². The third-order valence-corrected chi connectivity index (χ3v) is 3.61. The molecule has 2 saturated heterocycles. The summed E-state index contributed by atoms with van der Waals surface area (Å²) in [5, 5.41) is 0. The fraction of sp³-hybridized carbons (Fsp3) is 0.929. The molecule has 5 nitrogen and oxygen atoms in total. The topological polar surface area (TPSA) is 42.0 Å². The van der Waals surface area contributed by atoms with E-state index in [4.69, 9.17) is 9.47 Å². The Morgan fingerprint density at radius 3 is 2.53 bits per heavy atom. The molecule has 19 heavy (non-hydrogen) atoms. The Morgan fingerprint density at radius 1 is 1.21 bits per heavy atom. The average molecular weight is 270 g/mol. The summed E-state index contributed by atoms with van der Waals surface area (Å²) in [6.07, 6.45) is 2.05. The molecule has 0 aromatic heterocycles. The van der Waals surface area contributed by atoms with Gasteiger partial charge in [-0.3, -0.25) is 4.90 Å². The summed E-state index contributed by atoms with van der Waals surface area (Å²) >= 11 is 0. The van der Waals surface area contributed by atoms with Gasteiger partial charge in [0.25, 0.3) is 0 Å².